The molecule has 2 N–H and O–H groups in total. The number of nitrogens with one attached hydrogen (secondary N) is 2. The first-order chi connectivity index (χ1) is 9.71. The lowest BCUT2D eigenvalue weighted by Crippen LogP contribution is -2.45. The van der Waals surface area contributed by atoms with Crippen molar-refractivity contribution < 1.29 is 18.3 Å². The number of rotatable bonds is 3. The Hall–Kier alpha value is -1.60. The van der Waals surface area contributed by atoms with Gasteiger partial charge < -0.3 is 20.3 Å². The highest BCUT2D eigenvalue weighted by atomic mass is 19.3. The number of alkyl carbamates (subject to hydrolysis) is 1. The number of aliphatic imine (C=N–C) groups is 1. The number of ether oxygens (including phenoxy) is 1. The standard InChI is InChI=1S/C13H24F2N4O2/c1-13(2,3)21-12(20)18-9-5-6-19(8-9)11(16-4)17-7-10(14)15/h9-10H,5-8H2,1-4H3,(H,16,17)(H,18,20)/t9-/m1/s1. The van der Waals surface area contributed by atoms with Crippen molar-refractivity contribution in [3.8, 4) is 0 Å². The van der Waals surface area contributed by atoms with Crippen LogP contribution in [0.25, 0.3) is 0 Å². The minimum absolute atomic E-state index is 0.0788. The van der Waals surface area contributed by atoms with Gasteiger partial charge in [-0.05, 0) is 27.2 Å². The number of carbonyl (C=O) groups is 1. The van der Waals surface area contributed by atoms with E-state index in [1.807, 2.05) is 4.90 Å². The molecular formula is C13H24F2N4O2. The SMILES string of the molecule is CN=C(NCC(F)F)N1CC[C@@H](NC(=O)OC(C)(C)C)C1. The Kier molecular flexibility index (Phi) is 6.17. The maximum Gasteiger partial charge on any atom is 0.407 e. The Balaban J connectivity index is 2.42. The van der Waals surface area contributed by atoms with E-state index in [0.29, 0.717) is 25.5 Å². The van der Waals surface area contributed by atoms with E-state index >= 15 is 0 Å². The zero-order valence-electron chi connectivity index (χ0n) is 12.9. The van der Waals surface area contributed by atoms with Crippen molar-refractivity contribution in [2.45, 2.75) is 45.3 Å². The summed E-state index contributed by atoms with van der Waals surface area (Å²) in [5, 5.41) is 5.38. The highest BCUT2D eigenvalue weighted by molar-refractivity contribution is 5.80. The van der Waals surface area contributed by atoms with Gasteiger partial charge in [0.15, 0.2) is 5.96 Å². The van der Waals surface area contributed by atoms with Crippen molar-refractivity contribution >= 4 is 12.1 Å². The van der Waals surface area contributed by atoms with Crippen LogP contribution in [0, 0.1) is 0 Å². The first-order valence-corrected chi connectivity index (χ1v) is 6.94. The molecule has 122 valence electrons. The molecule has 1 heterocycles. The van der Waals surface area contributed by atoms with Gasteiger partial charge in [-0.25, -0.2) is 13.6 Å². The summed E-state index contributed by atoms with van der Waals surface area (Å²) in [6.45, 7) is 6.11. The van der Waals surface area contributed by atoms with Crippen molar-refractivity contribution in [3.63, 3.8) is 0 Å². The van der Waals surface area contributed by atoms with Crippen LogP contribution < -0.4 is 10.6 Å². The second-order valence-corrected chi connectivity index (χ2v) is 5.90. The van der Waals surface area contributed by atoms with E-state index in [9.17, 15) is 13.6 Å². The number of nitrogens with zero attached hydrogens (tertiary/aromatic N) is 2. The molecule has 0 unspecified atom stereocenters. The molecule has 1 aliphatic heterocycles. The van der Waals surface area contributed by atoms with Crippen LogP contribution in [0.5, 0.6) is 0 Å². The Morgan fingerprint density at radius 3 is 2.67 bits per heavy atom. The lowest BCUT2D eigenvalue weighted by atomic mass is 10.2. The molecule has 0 radical (unpaired) electrons. The van der Waals surface area contributed by atoms with Crippen molar-refractivity contribution in [3.05, 3.63) is 0 Å². The highest BCUT2D eigenvalue weighted by Crippen LogP contribution is 2.12. The molecule has 21 heavy (non-hydrogen) atoms. The molecule has 1 fully saturated rings. The van der Waals surface area contributed by atoms with Gasteiger partial charge in [-0.1, -0.05) is 0 Å². The van der Waals surface area contributed by atoms with Gasteiger partial charge in [-0.3, -0.25) is 4.99 Å². The highest BCUT2D eigenvalue weighted by Gasteiger charge is 2.27. The largest absolute Gasteiger partial charge is 0.444 e. The summed E-state index contributed by atoms with van der Waals surface area (Å²) in [6.07, 6.45) is -2.18. The molecule has 0 aromatic heterocycles. The van der Waals surface area contributed by atoms with Crippen LogP contribution in [-0.4, -0.2) is 61.7 Å². The fourth-order valence-electron chi connectivity index (χ4n) is 2.05. The van der Waals surface area contributed by atoms with Gasteiger partial charge in [-0.15, -0.1) is 0 Å². The maximum absolute atomic E-state index is 12.2. The van der Waals surface area contributed by atoms with Crippen LogP contribution in [0.4, 0.5) is 13.6 Å². The van der Waals surface area contributed by atoms with Crippen LogP contribution in [0.3, 0.4) is 0 Å². The van der Waals surface area contributed by atoms with E-state index in [0.717, 1.165) is 0 Å². The Morgan fingerprint density at radius 2 is 2.14 bits per heavy atom. The molecule has 1 saturated heterocycles. The fourth-order valence-corrected chi connectivity index (χ4v) is 2.05. The predicted molar refractivity (Wildman–Crippen MR) is 76.7 cm³/mol. The van der Waals surface area contributed by atoms with Crippen LogP contribution >= 0.6 is 0 Å². The van der Waals surface area contributed by atoms with Gasteiger partial charge in [0.05, 0.1) is 12.6 Å². The molecule has 1 amide bonds. The van der Waals surface area contributed by atoms with Gasteiger partial charge in [0.25, 0.3) is 6.43 Å². The minimum atomic E-state index is -2.43. The van der Waals surface area contributed by atoms with Gasteiger partial charge in [-0.2, -0.15) is 0 Å². The molecular weight excluding hydrogens is 282 g/mol. The molecule has 0 aliphatic carbocycles. The Labute approximate surface area is 123 Å². The number of alkyl halides is 2. The summed E-state index contributed by atoms with van der Waals surface area (Å²) in [5.74, 6) is 0.420. The van der Waals surface area contributed by atoms with E-state index in [1.165, 1.54) is 0 Å². The Morgan fingerprint density at radius 1 is 1.48 bits per heavy atom. The van der Waals surface area contributed by atoms with Gasteiger partial charge in [0.2, 0.25) is 0 Å². The molecule has 0 saturated carbocycles. The predicted octanol–water partition coefficient (Wildman–Crippen LogP) is 1.43. The van der Waals surface area contributed by atoms with E-state index in [2.05, 4.69) is 15.6 Å². The molecule has 1 aliphatic rings. The van der Waals surface area contributed by atoms with Crippen LogP contribution in [-0.2, 0) is 4.74 Å². The van der Waals surface area contributed by atoms with Crippen LogP contribution in [0.2, 0.25) is 0 Å². The number of likely N-dealkylation sites (tertiary alicyclic amines) is 1. The third-order valence-electron chi connectivity index (χ3n) is 2.83. The normalized spacial score (nSPS) is 19.9. The lowest BCUT2D eigenvalue weighted by Gasteiger charge is -2.23. The zero-order valence-corrected chi connectivity index (χ0v) is 12.9. The second-order valence-electron chi connectivity index (χ2n) is 5.90. The summed E-state index contributed by atoms with van der Waals surface area (Å²) in [7, 11) is 1.54. The molecule has 0 aromatic rings. The van der Waals surface area contributed by atoms with Crippen molar-refractivity contribution in [2.24, 2.45) is 4.99 Å². The zero-order chi connectivity index (χ0) is 16.0. The number of amides is 1. The smallest absolute Gasteiger partial charge is 0.407 e. The third kappa shape index (κ3) is 6.59. The Bertz CT molecular complexity index is 383. The summed E-state index contributed by atoms with van der Waals surface area (Å²) < 4.78 is 29.6. The summed E-state index contributed by atoms with van der Waals surface area (Å²) in [4.78, 5) is 17.5. The van der Waals surface area contributed by atoms with E-state index in [4.69, 9.17) is 4.74 Å². The molecule has 0 aromatic carbocycles. The third-order valence-corrected chi connectivity index (χ3v) is 2.83. The van der Waals surface area contributed by atoms with E-state index < -0.39 is 24.7 Å². The van der Waals surface area contributed by atoms with E-state index in [-0.39, 0.29) is 6.04 Å². The van der Waals surface area contributed by atoms with Gasteiger partial charge >= 0.3 is 6.09 Å². The molecule has 8 heteroatoms. The average Bonchev–Trinajstić information content (AvgIpc) is 2.75. The topological polar surface area (TPSA) is 66.0 Å². The number of halogens is 2. The van der Waals surface area contributed by atoms with Gasteiger partial charge in [0.1, 0.15) is 5.60 Å². The molecule has 1 rings (SSSR count). The van der Waals surface area contributed by atoms with Crippen molar-refractivity contribution in [2.75, 3.05) is 26.7 Å². The average molecular weight is 306 g/mol. The first-order valence-electron chi connectivity index (χ1n) is 6.94. The van der Waals surface area contributed by atoms with E-state index in [1.54, 1.807) is 27.8 Å². The molecule has 1 atom stereocenters. The van der Waals surface area contributed by atoms with Gasteiger partial charge in [0, 0.05) is 20.1 Å². The number of hydrogen-bond donors (Lipinski definition) is 2. The van der Waals surface area contributed by atoms with Crippen molar-refractivity contribution in [1.29, 1.82) is 0 Å². The number of carbonyl (C=O) groups excluding carboxylic acids is 1. The molecule has 6 nitrogen and oxygen atoms in total. The van der Waals surface area contributed by atoms with Crippen LogP contribution in [0.15, 0.2) is 4.99 Å². The van der Waals surface area contributed by atoms with Crippen molar-refractivity contribution in [1.82, 2.24) is 15.5 Å². The maximum atomic E-state index is 12.2. The summed E-state index contributed by atoms with van der Waals surface area (Å²) >= 11 is 0. The summed E-state index contributed by atoms with van der Waals surface area (Å²) in [5.41, 5.74) is -0.544. The molecule has 0 bridgehead atoms. The summed E-state index contributed by atoms with van der Waals surface area (Å²) in [6, 6.07) is -0.0788. The fraction of sp³-hybridized carbons (Fsp3) is 0.846. The van der Waals surface area contributed by atoms with Crippen LogP contribution in [0.1, 0.15) is 27.2 Å². The minimum Gasteiger partial charge on any atom is -0.444 e. The number of hydrogen-bond acceptors (Lipinski definition) is 3. The lowest BCUT2D eigenvalue weighted by molar-refractivity contribution is 0.0507. The first kappa shape index (κ1) is 17.5. The monoisotopic (exact) mass is 306 g/mol. The quantitative estimate of drug-likeness (QED) is 0.611. The molecule has 0 spiro atoms. The second kappa shape index (κ2) is 7.42. The number of guanidine groups is 1.